The largest absolute Gasteiger partial charge is 0.454 e. The van der Waals surface area contributed by atoms with Crippen LogP contribution in [-0.4, -0.2) is 48.7 Å². The number of aromatic nitrogens is 3. The van der Waals surface area contributed by atoms with Crippen molar-refractivity contribution in [2.75, 3.05) is 13.2 Å². The van der Waals surface area contributed by atoms with E-state index in [1.807, 2.05) is 0 Å². The van der Waals surface area contributed by atoms with Gasteiger partial charge in [-0.3, -0.25) is 9.88 Å². The van der Waals surface area contributed by atoms with E-state index >= 15 is 0 Å². The molecule has 0 saturated carbocycles. The van der Waals surface area contributed by atoms with Gasteiger partial charge in [0.25, 0.3) is 0 Å². The quantitative estimate of drug-likeness (QED) is 0.263. The van der Waals surface area contributed by atoms with E-state index in [0.717, 1.165) is 12.1 Å². The topological polar surface area (TPSA) is 130 Å². The van der Waals surface area contributed by atoms with Crippen LogP contribution < -0.4 is 5.69 Å². The molecule has 0 bridgehead atoms. The Balaban J connectivity index is 1.83. The molecular weight excluding hydrogens is 592 g/mol. The minimum atomic E-state index is -5.38. The Bertz CT molecular complexity index is 1610. The highest BCUT2D eigenvalue weighted by Crippen LogP contribution is 2.40. The summed E-state index contributed by atoms with van der Waals surface area (Å²) in [7, 11) is -5.19. The van der Waals surface area contributed by atoms with E-state index in [4.69, 9.17) is 15.0 Å². The van der Waals surface area contributed by atoms with Crippen molar-refractivity contribution in [3.05, 3.63) is 86.8 Å². The van der Waals surface area contributed by atoms with Crippen molar-refractivity contribution in [1.29, 1.82) is 0 Å². The van der Waals surface area contributed by atoms with Crippen LogP contribution in [-0.2, 0) is 32.9 Å². The number of morpholine rings is 1. The first kappa shape index (κ1) is 25.6. The highest BCUT2D eigenvalue weighted by atomic mass is 31.2. The second-order valence-corrected chi connectivity index (χ2v) is 10.1. The van der Waals surface area contributed by atoms with Crippen molar-refractivity contribution in [2.45, 2.75) is 44.2 Å². The molecule has 3 aromatic rings. The first-order valence-electron chi connectivity index (χ1n) is 13.3. The Hall–Kier alpha value is -3.08. The van der Waals surface area contributed by atoms with E-state index in [1.165, 1.54) is 17.0 Å². The van der Waals surface area contributed by atoms with Crippen LogP contribution in [0.25, 0.3) is 0 Å². The maximum Gasteiger partial charge on any atom is 0.454 e. The summed E-state index contributed by atoms with van der Waals surface area (Å²) >= 11 is 0. The molecule has 1 aliphatic rings. The zero-order valence-electron chi connectivity index (χ0n) is 24.3. The lowest BCUT2D eigenvalue weighted by molar-refractivity contribution is -0.231. The lowest BCUT2D eigenvalue weighted by atomic mass is 10.0. The molecule has 0 unspecified atom stereocenters. The summed E-state index contributed by atoms with van der Waals surface area (Å²) in [4.78, 5) is 34.1. The molecule has 2 aromatic carbocycles. The third-order valence-electron chi connectivity index (χ3n) is 5.86. The number of alkyl halides is 6. The minimum absolute atomic E-state index is 0.0432. The van der Waals surface area contributed by atoms with E-state index < -0.39 is 80.1 Å². The number of H-pyrrole nitrogens is 1. The predicted molar refractivity (Wildman–Crippen MR) is 126 cm³/mol. The third kappa shape index (κ3) is 7.23. The Morgan fingerprint density at radius 1 is 1.17 bits per heavy atom. The molecular formula is C23H22F7N4O6P. The molecule has 41 heavy (non-hydrogen) atoms. The molecule has 0 radical (unpaired) electrons. The summed E-state index contributed by atoms with van der Waals surface area (Å²) in [5, 5.41) is 3.53. The lowest BCUT2D eigenvalue weighted by Gasteiger charge is -2.41. The maximum atomic E-state index is 13.8. The average molecular weight is 618 g/mol. The molecule has 1 aromatic heterocycles. The van der Waals surface area contributed by atoms with Crippen LogP contribution in [0.2, 0.25) is 0 Å². The fraction of sp³-hybridized carbons (Fsp3) is 0.391. The van der Waals surface area contributed by atoms with Crippen molar-refractivity contribution in [2.24, 2.45) is 0 Å². The molecule has 1 fully saturated rings. The summed E-state index contributed by atoms with van der Waals surface area (Å²) in [5.74, 6) is -1.07. The van der Waals surface area contributed by atoms with Crippen molar-refractivity contribution in [1.82, 2.24) is 19.4 Å². The van der Waals surface area contributed by atoms with E-state index in [0.29, 0.717) is 0 Å². The van der Waals surface area contributed by atoms with Crippen LogP contribution in [0.15, 0.2) is 47.3 Å². The molecule has 3 N–H and O–H groups in total. The van der Waals surface area contributed by atoms with Crippen molar-refractivity contribution in [3.8, 4) is 0 Å². The molecule has 2 heterocycles. The number of aromatic amines is 1. The number of nitrogens with one attached hydrogen (secondary N) is 1. The Morgan fingerprint density at radius 3 is 2.29 bits per heavy atom. The maximum absolute atomic E-state index is 13.8. The normalized spacial score (nSPS) is 22.4. The fourth-order valence-corrected chi connectivity index (χ4v) is 4.57. The summed E-state index contributed by atoms with van der Waals surface area (Å²) in [5.41, 5.74) is -6.33. The van der Waals surface area contributed by atoms with E-state index in [-0.39, 0.29) is 47.2 Å². The van der Waals surface area contributed by atoms with Gasteiger partial charge in [-0.1, -0.05) is 12.1 Å². The van der Waals surface area contributed by atoms with Crippen LogP contribution >= 0.6 is 7.75 Å². The molecule has 4 rings (SSSR count). The zero-order chi connectivity index (χ0) is 33.8. The molecule has 3 atom stereocenters. The number of ether oxygens (including phenoxy) is 2. The van der Waals surface area contributed by atoms with Crippen LogP contribution in [0.5, 0.6) is 0 Å². The highest BCUT2D eigenvalue weighted by Gasteiger charge is 2.39. The SMILES string of the molecule is [2H]C([2H])([2H])[C@]([2H])(O[C@H]1OCCN(Cc2nn(P(=O)(O)O)c(=O)[nH]2)[C@H]1c1ccc(F)cc1)c1cc(C(F)(F)F)cc(C(F)(F)F)c1. The Morgan fingerprint density at radius 2 is 1.78 bits per heavy atom. The van der Waals surface area contributed by atoms with E-state index in [2.05, 4.69) is 10.1 Å². The molecule has 0 aliphatic carbocycles. The standard InChI is InChI=1S/C23H22F7N4O6P/c1-12(14-8-15(22(25,26)27)10-16(9-14)23(28,29)30)40-20-19(13-2-4-17(24)5-3-13)33(6-7-39-20)11-18-31-21(35)34(32-18)41(36,37)38/h2-5,8-10,12,19-20H,6-7,11H2,1H3,(H,31,32,35)(H2,36,37,38)/t12-,19-,20+/m0/s1/i1D3,12D. The van der Waals surface area contributed by atoms with Crippen LogP contribution in [0.4, 0.5) is 30.7 Å². The fourth-order valence-electron chi connectivity index (χ4n) is 4.06. The van der Waals surface area contributed by atoms with Gasteiger partial charge in [-0.05, 0) is 48.3 Å². The summed E-state index contributed by atoms with van der Waals surface area (Å²) in [6.45, 7) is -4.65. The number of nitrogens with zero attached hydrogens (tertiary/aromatic N) is 3. The van der Waals surface area contributed by atoms with Gasteiger partial charge in [-0.15, -0.1) is 9.55 Å². The number of rotatable bonds is 7. The van der Waals surface area contributed by atoms with Gasteiger partial charge in [0.05, 0.1) is 37.8 Å². The third-order valence-corrected chi connectivity index (χ3v) is 6.62. The first-order chi connectivity index (χ1) is 20.5. The van der Waals surface area contributed by atoms with Gasteiger partial charge in [0, 0.05) is 10.7 Å². The second kappa shape index (κ2) is 11.3. The van der Waals surface area contributed by atoms with Crippen LogP contribution in [0.1, 0.15) is 52.5 Å². The molecule has 1 aliphatic heterocycles. The summed E-state index contributed by atoms with van der Waals surface area (Å²) in [6, 6.07) is 2.71. The van der Waals surface area contributed by atoms with Gasteiger partial charge in [-0.25, -0.2) is 13.8 Å². The minimum Gasteiger partial charge on any atom is -0.349 e. The van der Waals surface area contributed by atoms with Crippen molar-refractivity contribution < 1.29 is 60.0 Å². The monoisotopic (exact) mass is 618 g/mol. The van der Waals surface area contributed by atoms with Crippen molar-refractivity contribution >= 4 is 7.75 Å². The molecule has 18 heteroatoms. The average Bonchev–Trinajstić information content (AvgIpc) is 3.28. The molecule has 0 spiro atoms. The molecule has 1 saturated heterocycles. The Kier molecular flexibility index (Phi) is 7.06. The van der Waals surface area contributed by atoms with Gasteiger partial charge >= 0.3 is 25.8 Å². The second-order valence-electron chi connectivity index (χ2n) is 8.73. The number of halogens is 7. The van der Waals surface area contributed by atoms with E-state index in [1.54, 1.807) is 0 Å². The predicted octanol–water partition coefficient (Wildman–Crippen LogP) is 4.37. The molecule has 0 amide bonds. The van der Waals surface area contributed by atoms with Crippen LogP contribution in [0, 0.1) is 5.82 Å². The van der Waals surface area contributed by atoms with Gasteiger partial charge in [-0.2, -0.15) is 26.3 Å². The summed E-state index contributed by atoms with van der Waals surface area (Å²) < 4.78 is 150. The smallest absolute Gasteiger partial charge is 0.349 e. The molecule has 10 nitrogen and oxygen atoms in total. The molecule has 224 valence electrons. The lowest BCUT2D eigenvalue weighted by Crippen LogP contribution is -2.46. The van der Waals surface area contributed by atoms with Gasteiger partial charge in [0.15, 0.2) is 6.29 Å². The first-order valence-corrected chi connectivity index (χ1v) is 12.9. The van der Waals surface area contributed by atoms with Crippen molar-refractivity contribution in [3.63, 3.8) is 0 Å². The summed E-state index contributed by atoms with van der Waals surface area (Å²) in [6.07, 6.45) is -16.3. The van der Waals surface area contributed by atoms with Crippen LogP contribution in [0.3, 0.4) is 0 Å². The Labute approximate surface area is 232 Å². The van der Waals surface area contributed by atoms with Gasteiger partial charge in [0.1, 0.15) is 11.6 Å². The zero-order valence-corrected chi connectivity index (χ0v) is 21.2. The van der Waals surface area contributed by atoms with Gasteiger partial charge in [0.2, 0.25) is 0 Å². The van der Waals surface area contributed by atoms with Gasteiger partial charge < -0.3 is 19.3 Å². The number of benzene rings is 2. The number of hydrogen-bond donors (Lipinski definition) is 3. The van der Waals surface area contributed by atoms with E-state index in [9.17, 15) is 49.9 Å². The number of hydrogen-bond acceptors (Lipinski definition) is 6. The highest BCUT2D eigenvalue weighted by molar-refractivity contribution is 7.49.